The fourth-order valence-electron chi connectivity index (χ4n) is 2.19. The number of ether oxygens (including phenoxy) is 1. The van der Waals surface area contributed by atoms with Crippen LogP contribution in [0.5, 0.6) is 5.75 Å². The van der Waals surface area contributed by atoms with E-state index in [1.165, 1.54) is 25.3 Å². The highest BCUT2D eigenvalue weighted by Gasteiger charge is 2.26. The molecule has 1 N–H and O–H groups in total. The molecule has 1 aromatic heterocycles. The second-order valence-electron chi connectivity index (χ2n) is 5.76. The Hall–Kier alpha value is -1.64. The summed E-state index contributed by atoms with van der Waals surface area (Å²) in [5, 5.41) is 7.91. The summed E-state index contributed by atoms with van der Waals surface area (Å²) in [5.41, 5.74) is 0. The third kappa shape index (κ3) is 4.46. The number of nitrogens with one attached hydrogen (secondary N) is 1. The minimum Gasteiger partial charge on any atom is -0.495 e. The quantitative estimate of drug-likeness (QED) is 0.801. The first-order valence-electron chi connectivity index (χ1n) is 7.38. The summed E-state index contributed by atoms with van der Waals surface area (Å²) in [4.78, 5) is 0.0401. The van der Waals surface area contributed by atoms with Gasteiger partial charge in [0.2, 0.25) is 21.8 Å². The van der Waals surface area contributed by atoms with Gasteiger partial charge in [-0.05, 0) is 30.5 Å². The van der Waals surface area contributed by atoms with Gasteiger partial charge in [0.1, 0.15) is 11.8 Å². The average Bonchev–Trinajstić information content (AvgIpc) is 2.92. The van der Waals surface area contributed by atoms with E-state index in [2.05, 4.69) is 14.9 Å². The van der Waals surface area contributed by atoms with Crippen LogP contribution in [0.2, 0.25) is 5.02 Å². The van der Waals surface area contributed by atoms with Crippen molar-refractivity contribution >= 4 is 21.6 Å². The van der Waals surface area contributed by atoms with Crippen molar-refractivity contribution in [3.63, 3.8) is 0 Å². The van der Waals surface area contributed by atoms with Crippen molar-refractivity contribution in [3.8, 4) is 5.75 Å². The fourth-order valence-corrected chi connectivity index (χ4v) is 3.74. The molecule has 0 saturated carbocycles. The van der Waals surface area contributed by atoms with E-state index in [1.807, 2.05) is 13.8 Å². The van der Waals surface area contributed by atoms with Crippen LogP contribution in [0.15, 0.2) is 27.5 Å². The van der Waals surface area contributed by atoms with E-state index < -0.39 is 16.1 Å². The molecule has 7 nitrogen and oxygen atoms in total. The van der Waals surface area contributed by atoms with Gasteiger partial charge in [0, 0.05) is 6.92 Å². The minimum atomic E-state index is -3.81. The van der Waals surface area contributed by atoms with Crippen molar-refractivity contribution in [2.45, 2.75) is 38.1 Å². The molecule has 1 unspecified atom stereocenters. The summed E-state index contributed by atoms with van der Waals surface area (Å²) < 4.78 is 38.4. The lowest BCUT2D eigenvalue weighted by atomic mass is 10.0. The molecule has 132 valence electrons. The van der Waals surface area contributed by atoms with Gasteiger partial charge in [0.25, 0.3) is 0 Å². The molecule has 0 bridgehead atoms. The first kappa shape index (κ1) is 18.7. The first-order valence-corrected chi connectivity index (χ1v) is 9.25. The molecule has 0 radical (unpaired) electrons. The van der Waals surface area contributed by atoms with Gasteiger partial charge < -0.3 is 9.15 Å². The Morgan fingerprint density at radius 1 is 1.33 bits per heavy atom. The zero-order chi connectivity index (χ0) is 17.9. The summed E-state index contributed by atoms with van der Waals surface area (Å²) in [5.74, 6) is 1.25. The van der Waals surface area contributed by atoms with Crippen LogP contribution >= 0.6 is 11.6 Å². The topological polar surface area (TPSA) is 94.3 Å². The first-order chi connectivity index (χ1) is 11.2. The molecule has 0 fully saturated rings. The Morgan fingerprint density at radius 2 is 2.04 bits per heavy atom. The van der Waals surface area contributed by atoms with Crippen LogP contribution in [0.25, 0.3) is 0 Å². The molecule has 9 heteroatoms. The Balaban J connectivity index is 2.31. The van der Waals surface area contributed by atoms with E-state index in [9.17, 15) is 8.42 Å². The number of halogens is 1. The van der Waals surface area contributed by atoms with Gasteiger partial charge in [0.05, 0.1) is 17.0 Å². The molecule has 1 atom stereocenters. The molecule has 0 aliphatic rings. The summed E-state index contributed by atoms with van der Waals surface area (Å²) in [6.45, 7) is 5.62. The Bertz CT molecular complexity index is 805. The molecule has 0 spiro atoms. The smallest absolute Gasteiger partial charge is 0.241 e. The normalized spacial score (nSPS) is 13.2. The molecule has 0 saturated heterocycles. The summed E-state index contributed by atoms with van der Waals surface area (Å²) in [7, 11) is -2.35. The van der Waals surface area contributed by atoms with Crippen LogP contribution in [-0.2, 0) is 10.0 Å². The highest BCUT2D eigenvalue weighted by atomic mass is 35.5. The molecule has 1 heterocycles. The number of rotatable bonds is 7. The molecule has 2 rings (SSSR count). The maximum Gasteiger partial charge on any atom is 0.241 e. The number of aromatic nitrogens is 2. The molecular formula is C15H20ClN3O4S. The maximum absolute atomic E-state index is 12.7. The zero-order valence-corrected chi connectivity index (χ0v) is 15.5. The molecule has 0 amide bonds. The maximum atomic E-state index is 12.7. The number of aryl methyl sites for hydroxylation is 1. The van der Waals surface area contributed by atoms with Crippen molar-refractivity contribution in [2.24, 2.45) is 5.92 Å². The molecule has 2 aromatic rings. The highest BCUT2D eigenvalue weighted by molar-refractivity contribution is 7.89. The minimum absolute atomic E-state index is 0.0401. The summed E-state index contributed by atoms with van der Waals surface area (Å²) >= 11 is 6.02. The summed E-state index contributed by atoms with van der Waals surface area (Å²) in [6.07, 6.45) is 0.519. The van der Waals surface area contributed by atoms with Crippen molar-refractivity contribution in [1.82, 2.24) is 14.9 Å². The lowest BCUT2D eigenvalue weighted by molar-refractivity contribution is 0.372. The van der Waals surface area contributed by atoms with E-state index in [0.29, 0.717) is 18.1 Å². The van der Waals surface area contributed by atoms with Gasteiger partial charge in [0.15, 0.2) is 0 Å². The monoisotopic (exact) mass is 373 g/mol. The third-order valence-electron chi connectivity index (χ3n) is 3.28. The van der Waals surface area contributed by atoms with Crippen LogP contribution in [0.4, 0.5) is 0 Å². The van der Waals surface area contributed by atoms with Crippen LogP contribution in [0, 0.1) is 12.8 Å². The largest absolute Gasteiger partial charge is 0.495 e. The van der Waals surface area contributed by atoms with E-state index >= 15 is 0 Å². The van der Waals surface area contributed by atoms with Crippen molar-refractivity contribution < 1.29 is 17.6 Å². The van der Waals surface area contributed by atoms with Gasteiger partial charge in [-0.25, -0.2) is 8.42 Å². The van der Waals surface area contributed by atoms with Gasteiger partial charge >= 0.3 is 0 Å². The third-order valence-corrected chi connectivity index (χ3v) is 5.04. The molecule has 0 aliphatic carbocycles. The van der Waals surface area contributed by atoms with Crippen LogP contribution < -0.4 is 9.46 Å². The standard InChI is InChI=1S/C15H20ClN3O4S/c1-9(2)7-13(15-18-17-10(3)23-15)19-24(20,21)11-5-6-14(22-4)12(16)8-11/h5-6,8-9,13,19H,7H2,1-4H3. The number of hydrogen-bond acceptors (Lipinski definition) is 6. The van der Waals surface area contributed by atoms with Crippen LogP contribution in [0.3, 0.4) is 0 Å². The predicted octanol–water partition coefficient (Wildman–Crippen LogP) is 3.11. The van der Waals surface area contributed by atoms with E-state index in [1.54, 1.807) is 6.92 Å². The molecular weight excluding hydrogens is 354 g/mol. The van der Waals surface area contributed by atoms with Crippen LogP contribution in [0.1, 0.15) is 38.1 Å². The van der Waals surface area contributed by atoms with Crippen molar-refractivity contribution in [3.05, 3.63) is 35.0 Å². The van der Waals surface area contributed by atoms with Gasteiger partial charge in [-0.15, -0.1) is 10.2 Å². The average molecular weight is 374 g/mol. The van der Waals surface area contributed by atoms with Crippen molar-refractivity contribution in [1.29, 1.82) is 0 Å². The fraction of sp³-hybridized carbons (Fsp3) is 0.467. The van der Waals surface area contributed by atoms with E-state index in [-0.39, 0.29) is 21.7 Å². The van der Waals surface area contributed by atoms with Gasteiger partial charge in [-0.2, -0.15) is 4.72 Å². The Labute approximate surface area is 146 Å². The van der Waals surface area contributed by atoms with Gasteiger partial charge in [-0.3, -0.25) is 0 Å². The Morgan fingerprint density at radius 3 is 2.54 bits per heavy atom. The number of methoxy groups -OCH3 is 1. The zero-order valence-electron chi connectivity index (χ0n) is 13.9. The highest BCUT2D eigenvalue weighted by Crippen LogP contribution is 2.28. The molecule has 24 heavy (non-hydrogen) atoms. The Kier molecular flexibility index (Phi) is 5.84. The molecule has 0 aliphatic heterocycles. The molecule has 1 aromatic carbocycles. The number of nitrogens with zero attached hydrogens (tertiary/aromatic N) is 2. The van der Waals surface area contributed by atoms with E-state index in [0.717, 1.165) is 0 Å². The lowest BCUT2D eigenvalue weighted by Crippen LogP contribution is -2.30. The SMILES string of the molecule is COc1ccc(S(=O)(=O)NC(CC(C)C)c2nnc(C)o2)cc1Cl. The predicted molar refractivity (Wildman–Crippen MR) is 89.6 cm³/mol. The second kappa shape index (κ2) is 7.50. The van der Waals surface area contributed by atoms with Crippen LogP contribution in [-0.4, -0.2) is 25.7 Å². The van der Waals surface area contributed by atoms with Crippen molar-refractivity contribution in [2.75, 3.05) is 7.11 Å². The number of hydrogen-bond donors (Lipinski definition) is 1. The van der Waals surface area contributed by atoms with E-state index in [4.69, 9.17) is 20.8 Å². The lowest BCUT2D eigenvalue weighted by Gasteiger charge is -2.17. The second-order valence-corrected chi connectivity index (χ2v) is 7.88. The number of sulfonamides is 1. The summed E-state index contributed by atoms with van der Waals surface area (Å²) in [6, 6.07) is 3.66. The number of benzene rings is 1. The van der Waals surface area contributed by atoms with Gasteiger partial charge in [-0.1, -0.05) is 25.4 Å².